The molecule has 1 nitrogen and oxygen atoms in total. The van der Waals surface area contributed by atoms with Gasteiger partial charge in [0.15, 0.2) is 0 Å². The fourth-order valence-corrected chi connectivity index (χ4v) is 2.63. The molecule has 2 rings (SSSR count). The summed E-state index contributed by atoms with van der Waals surface area (Å²) in [5, 5.41) is 0. The minimum Gasteiger partial charge on any atom is -0.487 e. The van der Waals surface area contributed by atoms with Crippen molar-refractivity contribution in [3.05, 3.63) is 62.7 Å². The fraction of sp³-hybridized carbons (Fsp3) is 0.200. The van der Waals surface area contributed by atoms with E-state index in [2.05, 4.69) is 0 Å². The third kappa shape index (κ3) is 4.52. The van der Waals surface area contributed by atoms with E-state index in [1.54, 1.807) is 30.3 Å². The second kappa shape index (κ2) is 6.58. The Morgan fingerprint density at radius 2 is 1.48 bits per heavy atom. The van der Waals surface area contributed by atoms with E-state index in [9.17, 15) is 26.3 Å². The molecule has 0 aliphatic heterocycles. The monoisotopic (exact) mass is 446 g/mol. The number of halogens is 7. The summed E-state index contributed by atoms with van der Waals surface area (Å²) in [6.45, 7) is -0.175. The first-order valence-corrected chi connectivity index (χ1v) is 7.31. The molecule has 0 saturated carbocycles. The first kappa shape index (κ1) is 17.9. The molecule has 0 aromatic heterocycles. The van der Waals surface area contributed by atoms with Crippen molar-refractivity contribution in [3.8, 4) is 5.75 Å². The van der Waals surface area contributed by atoms with E-state index >= 15 is 0 Å². The summed E-state index contributed by atoms with van der Waals surface area (Å²) in [6.07, 6.45) is -9.81. The highest BCUT2D eigenvalue weighted by Gasteiger charge is 2.40. The average Bonchev–Trinajstić information content (AvgIpc) is 2.44. The van der Waals surface area contributed by atoms with Crippen molar-refractivity contribution >= 4 is 22.6 Å². The number of benzene rings is 2. The molecular weight excluding hydrogens is 437 g/mol. The van der Waals surface area contributed by atoms with Crippen LogP contribution >= 0.6 is 22.6 Å². The lowest BCUT2D eigenvalue weighted by Gasteiger charge is -2.18. The lowest BCUT2D eigenvalue weighted by molar-refractivity contribution is -0.144. The number of ether oxygens (including phenoxy) is 1. The Hall–Kier alpha value is -1.45. The SMILES string of the molecule is FC(F)(F)c1cc(I)c(OCc2ccccc2)c(C(F)(F)F)c1. The van der Waals surface area contributed by atoms with E-state index in [1.807, 2.05) is 0 Å². The normalized spacial score (nSPS) is 12.3. The van der Waals surface area contributed by atoms with E-state index in [4.69, 9.17) is 4.74 Å². The van der Waals surface area contributed by atoms with Crippen molar-refractivity contribution in [2.45, 2.75) is 19.0 Å². The molecule has 0 heterocycles. The molecule has 0 fully saturated rings. The van der Waals surface area contributed by atoms with Gasteiger partial charge in [-0.3, -0.25) is 0 Å². The van der Waals surface area contributed by atoms with Crippen LogP contribution in [0.3, 0.4) is 0 Å². The van der Waals surface area contributed by atoms with Crippen LogP contribution in [0, 0.1) is 3.57 Å². The van der Waals surface area contributed by atoms with Crippen molar-refractivity contribution in [1.82, 2.24) is 0 Å². The summed E-state index contributed by atoms with van der Waals surface area (Å²) in [7, 11) is 0. The highest BCUT2D eigenvalue weighted by molar-refractivity contribution is 14.1. The summed E-state index contributed by atoms with van der Waals surface area (Å²) in [5.41, 5.74) is -2.19. The molecular formula is C15H9F6IO. The standard InChI is InChI=1S/C15H9F6IO/c16-14(17,18)10-6-11(15(19,20)21)13(12(22)7-10)23-8-9-4-2-1-3-5-9/h1-7H,8H2. The molecule has 2 aromatic carbocycles. The summed E-state index contributed by atoms with van der Waals surface area (Å²) in [5.74, 6) is -0.602. The minimum atomic E-state index is -4.95. The maximum absolute atomic E-state index is 13.1. The molecule has 8 heteroatoms. The summed E-state index contributed by atoms with van der Waals surface area (Å²) in [4.78, 5) is 0. The van der Waals surface area contributed by atoms with Crippen LogP contribution in [0.15, 0.2) is 42.5 Å². The summed E-state index contributed by atoms with van der Waals surface area (Å²) < 4.78 is 82.2. The Labute approximate surface area is 141 Å². The van der Waals surface area contributed by atoms with Crippen LogP contribution < -0.4 is 4.74 Å². The third-order valence-corrected chi connectivity index (χ3v) is 3.70. The molecule has 0 atom stereocenters. The maximum atomic E-state index is 13.1. The molecule has 0 N–H and O–H groups in total. The van der Waals surface area contributed by atoms with Crippen LogP contribution in [0.1, 0.15) is 16.7 Å². The topological polar surface area (TPSA) is 9.23 Å². The van der Waals surface area contributed by atoms with Gasteiger partial charge in [-0.1, -0.05) is 30.3 Å². The minimum absolute atomic E-state index is 0.0719. The van der Waals surface area contributed by atoms with Gasteiger partial charge in [-0.05, 0) is 40.3 Å². The first-order chi connectivity index (χ1) is 10.6. The molecule has 0 unspecified atom stereocenters. The number of rotatable bonds is 3. The van der Waals surface area contributed by atoms with Gasteiger partial charge in [0.1, 0.15) is 12.4 Å². The van der Waals surface area contributed by atoms with Gasteiger partial charge in [0.05, 0.1) is 14.7 Å². The van der Waals surface area contributed by atoms with Gasteiger partial charge >= 0.3 is 12.4 Å². The Kier molecular flexibility index (Phi) is 5.12. The fourth-order valence-electron chi connectivity index (χ4n) is 1.84. The molecule has 0 saturated heterocycles. The third-order valence-electron chi connectivity index (χ3n) is 2.90. The number of hydrogen-bond donors (Lipinski definition) is 0. The predicted molar refractivity (Wildman–Crippen MR) is 79.9 cm³/mol. The smallest absolute Gasteiger partial charge is 0.420 e. The van der Waals surface area contributed by atoms with Crippen LogP contribution in [0.2, 0.25) is 0 Å². The predicted octanol–water partition coefficient (Wildman–Crippen LogP) is 5.91. The van der Waals surface area contributed by atoms with Gasteiger partial charge in [-0.2, -0.15) is 26.3 Å². The quantitative estimate of drug-likeness (QED) is 0.421. The molecule has 0 aliphatic rings. The van der Waals surface area contributed by atoms with E-state index in [0.29, 0.717) is 11.6 Å². The maximum Gasteiger partial charge on any atom is 0.420 e. The zero-order chi connectivity index (χ0) is 17.3. The van der Waals surface area contributed by atoms with Gasteiger partial charge in [-0.15, -0.1) is 0 Å². The molecule has 0 aliphatic carbocycles. The highest BCUT2D eigenvalue weighted by Crippen LogP contribution is 2.43. The molecule has 2 aromatic rings. The Balaban J connectivity index is 2.41. The molecule has 124 valence electrons. The second-order valence-electron chi connectivity index (χ2n) is 4.60. The van der Waals surface area contributed by atoms with E-state index in [1.165, 1.54) is 22.6 Å². The van der Waals surface area contributed by atoms with E-state index in [0.717, 1.165) is 0 Å². The van der Waals surface area contributed by atoms with Crippen molar-refractivity contribution in [3.63, 3.8) is 0 Å². The van der Waals surface area contributed by atoms with Gasteiger partial charge in [0.25, 0.3) is 0 Å². The molecule has 0 radical (unpaired) electrons. The van der Waals surface area contributed by atoms with E-state index < -0.39 is 29.2 Å². The van der Waals surface area contributed by atoms with E-state index in [-0.39, 0.29) is 16.2 Å². The van der Waals surface area contributed by atoms with Crippen molar-refractivity contribution in [1.29, 1.82) is 0 Å². The van der Waals surface area contributed by atoms with Crippen molar-refractivity contribution in [2.24, 2.45) is 0 Å². The lowest BCUT2D eigenvalue weighted by atomic mass is 10.1. The first-order valence-electron chi connectivity index (χ1n) is 6.23. The van der Waals surface area contributed by atoms with Crippen LogP contribution in [-0.4, -0.2) is 0 Å². The molecule has 23 heavy (non-hydrogen) atoms. The summed E-state index contributed by atoms with van der Waals surface area (Å²) >= 11 is 1.41. The molecule has 0 amide bonds. The Morgan fingerprint density at radius 3 is 2.00 bits per heavy atom. The van der Waals surface area contributed by atoms with Gasteiger partial charge < -0.3 is 4.74 Å². The summed E-state index contributed by atoms with van der Waals surface area (Å²) in [6, 6.07) is 9.09. The number of hydrogen-bond acceptors (Lipinski definition) is 1. The van der Waals surface area contributed by atoms with Crippen LogP contribution in [0.25, 0.3) is 0 Å². The highest BCUT2D eigenvalue weighted by atomic mass is 127. The van der Waals surface area contributed by atoms with Gasteiger partial charge in [0.2, 0.25) is 0 Å². The van der Waals surface area contributed by atoms with Crippen LogP contribution in [0.5, 0.6) is 5.75 Å². The van der Waals surface area contributed by atoms with Crippen molar-refractivity contribution < 1.29 is 31.1 Å². The number of alkyl halides is 6. The second-order valence-corrected chi connectivity index (χ2v) is 5.77. The van der Waals surface area contributed by atoms with Gasteiger partial charge in [0, 0.05) is 0 Å². The Bertz CT molecular complexity index is 679. The van der Waals surface area contributed by atoms with Crippen LogP contribution in [0.4, 0.5) is 26.3 Å². The Morgan fingerprint density at radius 1 is 0.870 bits per heavy atom. The van der Waals surface area contributed by atoms with Crippen LogP contribution in [-0.2, 0) is 19.0 Å². The zero-order valence-corrected chi connectivity index (χ0v) is 13.5. The zero-order valence-electron chi connectivity index (χ0n) is 11.3. The van der Waals surface area contributed by atoms with Gasteiger partial charge in [-0.25, -0.2) is 0 Å². The largest absolute Gasteiger partial charge is 0.487 e. The average molecular weight is 446 g/mol. The lowest BCUT2D eigenvalue weighted by Crippen LogP contribution is -2.14. The molecule has 0 bridgehead atoms. The van der Waals surface area contributed by atoms with Crippen molar-refractivity contribution in [2.75, 3.05) is 0 Å². The molecule has 0 spiro atoms.